The average Bonchev–Trinajstić information content (AvgIpc) is 2.17. The third-order valence-corrected chi connectivity index (χ3v) is 2.41. The van der Waals surface area contributed by atoms with Crippen LogP contribution in [0.3, 0.4) is 0 Å². The van der Waals surface area contributed by atoms with Crippen LogP contribution in [0, 0.1) is 0 Å². The molecule has 0 amide bonds. The predicted octanol–water partition coefficient (Wildman–Crippen LogP) is 1.51. The monoisotopic (exact) mass is 215 g/mol. The summed E-state index contributed by atoms with van der Waals surface area (Å²) in [6, 6.07) is 5.26. The lowest BCUT2D eigenvalue weighted by Gasteiger charge is -2.25. The summed E-state index contributed by atoms with van der Waals surface area (Å²) in [5.74, 6) is 0.594. The maximum atomic E-state index is 9.15. The number of aliphatic hydroxyl groups is 1. The lowest BCUT2D eigenvalue weighted by Crippen LogP contribution is -2.37. The van der Waals surface area contributed by atoms with Gasteiger partial charge in [-0.1, -0.05) is 17.7 Å². The highest BCUT2D eigenvalue weighted by Gasteiger charge is 2.26. The Morgan fingerprint density at radius 2 is 2.21 bits per heavy atom. The van der Waals surface area contributed by atoms with E-state index in [9.17, 15) is 0 Å². The van der Waals surface area contributed by atoms with Crippen LogP contribution >= 0.6 is 11.6 Å². The highest BCUT2D eigenvalue weighted by molar-refractivity contribution is 6.31. The van der Waals surface area contributed by atoms with E-state index in [1.54, 1.807) is 32.2 Å². The van der Waals surface area contributed by atoms with Crippen LogP contribution in [0.2, 0.25) is 5.02 Å². The normalized spacial score (nSPS) is 14.9. The molecule has 14 heavy (non-hydrogen) atoms. The zero-order chi connectivity index (χ0) is 10.8. The third kappa shape index (κ3) is 2.00. The SMILES string of the molecule is COc1cccc(Cl)c1[C@@](C)(N)CO. The van der Waals surface area contributed by atoms with E-state index < -0.39 is 5.54 Å². The van der Waals surface area contributed by atoms with Crippen molar-refractivity contribution >= 4 is 11.6 Å². The van der Waals surface area contributed by atoms with Crippen molar-refractivity contribution in [2.75, 3.05) is 13.7 Å². The Balaban J connectivity index is 3.30. The van der Waals surface area contributed by atoms with Gasteiger partial charge in [0.25, 0.3) is 0 Å². The molecule has 1 aromatic carbocycles. The number of ether oxygens (including phenoxy) is 1. The quantitative estimate of drug-likeness (QED) is 0.804. The maximum absolute atomic E-state index is 9.15. The van der Waals surface area contributed by atoms with Crippen molar-refractivity contribution in [3.05, 3.63) is 28.8 Å². The lowest BCUT2D eigenvalue weighted by molar-refractivity contribution is 0.206. The number of nitrogens with two attached hydrogens (primary N) is 1. The molecule has 0 aliphatic heterocycles. The standard InChI is InChI=1S/C10H14ClNO2/c1-10(12,6-13)9-7(11)4-3-5-8(9)14-2/h3-5,13H,6,12H2,1-2H3/t10-/m0/s1. The summed E-state index contributed by atoms with van der Waals surface area (Å²) in [7, 11) is 1.54. The highest BCUT2D eigenvalue weighted by atomic mass is 35.5. The van der Waals surface area contributed by atoms with Crippen LogP contribution in [0.25, 0.3) is 0 Å². The zero-order valence-corrected chi connectivity index (χ0v) is 9.01. The van der Waals surface area contributed by atoms with E-state index in [1.807, 2.05) is 0 Å². The molecule has 0 spiro atoms. The Labute approximate surface area is 88.4 Å². The van der Waals surface area contributed by atoms with Gasteiger partial charge in [-0.2, -0.15) is 0 Å². The second-order valence-corrected chi connectivity index (χ2v) is 3.80. The third-order valence-electron chi connectivity index (χ3n) is 2.09. The second-order valence-electron chi connectivity index (χ2n) is 3.39. The average molecular weight is 216 g/mol. The summed E-state index contributed by atoms with van der Waals surface area (Å²) in [5.41, 5.74) is 5.65. The minimum Gasteiger partial charge on any atom is -0.496 e. The van der Waals surface area contributed by atoms with Gasteiger partial charge in [0, 0.05) is 10.6 Å². The van der Waals surface area contributed by atoms with Crippen molar-refractivity contribution < 1.29 is 9.84 Å². The fourth-order valence-corrected chi connectivity index (χ4v) is 1.69. The molecule has 3 nitrogen and oxygen atoms in total. The van der Waals surface area contributed by atoms with Crippen molar-refractivity contribution in [2.24, 2.45) is 5.73 Å². The Bertz CT molecular complexity index is 326. The van der Waals surface area contributed by atoms with Gasteiger partial charge in [0.2, 0.25) is 0 Å². The van der Waals surface area contributed by atoms with Crippen LogP contribution in [0.4, 0.5) is 0 Å². The summed E-state index contributed by atoms with van der Waals surface area (Å²) in [6.45, 7) is 1.52. The number of rotatable bonds is 3. The smallest absolute Gasteiger partial charge is 0.125 e. The first-order chi connectivity index (χ1) is 6.53. The summed E-state index contributed by atoms with van der Waals surface area (Å²) in [6.07, 6.45) is 0. The fraction of sp³-hybridized carbons (Fsp3) is 0.400. The molecule has 1 aromatic rings. The van der Waals surface area contributed by atoms with E-state index in [0.29, 0.717) is 16.3 Å². The van der Waals surface area contributed by atoms with Crippen LogP contribution in [0.1, 0.15) is 12.5 Å². The summed E-state index contributed by atoms with van der Waals surface area (Å²) >= 11 is 6.00. The maximum Gasteiger partial charge on any atom is 0.125 e. The van der Waals surface area contributed by atoms with Crippen molar-refractivity contribution in [3.63, 3.8) is 0 Å². The first-order valence-electron chi connectivity index (χ1n) is 4.25. The number of methoxy groups -OCH3 is 1. The van der Waals surface area contributed by atoms with Gasteiger partial charge in [-0.25, -0.2) is 0 Å². The van der Waals surface area contributed by atoms with Gasteiger partial charge < -0.3 is 15.6 Å². The molecule has 0 aliphatic rings. The Kier molecular flexibility index (Phi) is 3.37. The Morgan fingerprint density at radius 3 is 2.71 bits per heavy atom. The van der Waals surface area contributed by atoms with E-state index in [2.05, 4.69) is 0 Å². The number of hydrogen-bond acceptors (Lipinski definition) is 3. The van der Waals surface area contributed by atoms with Gasteiger partial charge in [-0.3, -0.25) is 0 Å². The summed E-state index contributed by atoms with van der Waals surface area (Å²) in [4.78, 5) is 0. The van der Waals surface area contributed by atoms with Gasteiger partial charge >= 0.3 is 0 Å². The first kappa shape index (κ1) is 11.3. The van der Waals surface area contributed by atoms with Crippen LogP contribution in [-0.4, -0.2) is 18.8 Å². The van der Waals surface area contributed by atoms with E-state index in [1.165, 1.54) is 0 Å². The molecule has 1 rings (SSSR count). The first-order valence-corrected chi connectivity index (χ1v) is 4.63. The zero-order valence-electron chi connectivity index (χ0n) is 8.25. The van der Waals surface area contributed by atoms with Crippen LogP contribution < -0.4 is 10.5 Å². The molecule has 0 fully saturated rings. The molecule has 0 aromatic heterocycles. The van der Waals surface area contributed by atoms with Crippen molar-refractivity contribution in [2.45, 2.75) is 12.5 Å². The van der Waals surface area contributed by atoms with E-state index in [4.69, 9.17) is 27.2 Å². The van der Waals surface area contributed by atoms with Crippen molar-refractivity contribution in [3.8, 4) is 5.75 Å². The minimum atomic E-state index is -0.885. The molecular weight excluding hydrogens is 202 g/mol. The highest BCUT2D eigenvalue weighted by Crippen LogP contribution is 2.33. The van der Waals surface area contributed by atoms with Crippen molar-refractivity contribution in [1.29, 1.82) is 0 Å². The summed E-state index contributed by atoms with van der Waals surface area (Å²) in [5, 5.41) is 9.66. The van der Waals surface area contributed by atoms with Gasteiger partial charge in [0.1, 0.15) is 5.75 Å². The number of hydrogen-bond donors (Lipinski definition) is 2. The Hall–Kier alpha value is -0.770. The molecule has 0 unspecified atom stereocenters. The van der Waals surface area contributed by atoms with E-state index in [-0.39, 0.29) is 6.61 Å². The molecule has 0 radical (unpaired) electrons. The number of benzene rings is 1. The predicted molar refractivity (Wildman–Crippen MR) is 56.6 cm³/mol. The molecule has 1 atom stereocenters. The van der Waals surface area contributed by atoms with Crippen molar-refractivity contribution in [1.82, 2.24) is 0 Å². The van der Waals surface area contributed by atoms with Gasteiger partial charge in [-0.15, -0.1) is 0 Å². The molecule has 3 N–H and O–H groups in total. The lowest BCUT2D eigenvalue weighted by atomic mass is 9.93. The molecular formula is C10H14ClNO2. The topological polar surface area (TPSA) is 55.5 Å². The molecule has 78 valence electrons. The molecule has 4 heteroatoms. The molecule has 0 aliphatic carbocycles. The van der Waals surface area contributed by atoms with Crippen LogP contribution in [0.5, 0.6) is 5.75 Å². The molecule has 0 saturated heterocycles. The number of halogens is 1. The fourth-order valence-electron chi connectivity index (χ4n) is 1.31. The largest absolute Gasteiger partial charge is 0.496 e. The van der Waals surface area contributed by atoms with Gasteiger partial charge in [0.05, 0.1) is 19.3 Å². The van der Waals surface area contributed by atoms with Crippen LogP contribution in [0.15, 0.2) is 18.2 Å². The van der Waals surface area contributed by atoms with Gasteiger partial charge in [0.15, 0.2) is 0 Å². The van der Waals surface area contributed by atoms with E-state index in [0.717, 1.165) is 0 Å². The minimum absolute atomic E-state index is 0.187. The Morgan fingerprint density at radius 1 is 1.57 bits per heavy atom. The second kappa shape index (κ2) is 4.17. The molecule has 0 heterocycles. The van der Waals surface area contributed by atoms with Crippen LogP contribution in [-0.2, 0) is 5.54 Å². The van der Waals surface area contributed by atoms with Gasteiger partial charge in [-0.05, 0) is 19.1 Å². The van der Waals surface area contributed by atoms with E-state index >= 15 is 0 Å². The molecule has 0 saturated carbocycles. The molecule has 0 bridgehead atoms. The number of aliphatic hydroxyl groups excluding tert-OH is 1. The summed E-state index contributed by atoms with van der Waals surface area (Å²) < 4.78 is 5.14.